The minimum atomic E-state index is -3.90. The van der Waals surface area contributed by atoms with Crippen LogP contribution in [0, 0.1) is 5.92 Å². The molecule has 1 saturated carbocycles. The van der Waals surface area contributed by atoms with E-state index in [1.807, 2.05) is 6.92 Å². The van der Waals surface area contributed by atoms with Gasteiger partial charge in [0.15, 0.2) is 0 Å². The van der Waals surface area contributed by atoms with Crippen molar-refractivity contribution in [1.82, 2.24) is 14.8 Å². The van der Waals surface area contributed by atoms with Crippen LogP contribution in [-0.4, -0.2) is 65.5 Å². The summed E-state index contributed by atoms with van der Waals surface area (Å²) < 4.78 is 28.8. The Morgan fingerprint density at radius 2 is 1.65 bits per heavy atom. The number of rotatable bonds is 5. The molecule has 1 aliphatic heterocycles. The Balaban J connectivity index is 1.33. The molecule has 0 radical (unpaired) electrons. The Kier molecular flexibility index (Phi) is 6.76. The van der Waals surface area contributed by atoms with Crippen molar-refractivity contribution in [2.75, 3.05) is 17.8 Å². The summed E-state index contributed by atoms with van der Waals surface area (Å²) in [5, 5.41) is 10.5. The van der Waals surface area contributed by atoms with Crippen LogP contribution in [0.15, 0.2) is 65.7 Å². The highest BCUT2D eigenvalue weighted by molar-refractivity contribution is 7.93. The molecule has 1 aromatic heterocycles. The zero-order valence-corrected chi connectivity index (χ0v) is 21.4. The number of carbonyl (C=O) groups is 2. The van der Waals surface area contributed by atoms with Crippen molar-refractivity contribution in [3.05, 3.63) is 66.4 Å². The number of nitrogens with one attached hydrogen (secondary N) is 1. The summed E-state index contributed by atoms with van der Waals surface area (Å²) in [6.45, 7) is 2.53. The van der Waals surface area contributed by atoms with E-state index in [-0.39, 0.29) is 35.3 Å². The van der Waals surface area contributed by atoms with Gasteiger partial charge in [-0.1, -0.05) is 31.0 Å². The summed E-state index contributed by atoms with van der Waals surface area (Å²) in [6.07, 6.45) is 4.73. The van der Waals surface area contributed by atoms with Crippen LogP contribution in [0.4, 0.5) is 10.5 Å². The fraction of sp³-hybridized carbons (Fsp3) is 0.370. The number of para-hydroxylation sites is 1. The monoisotopic (exact) mass is 522 g/mol. The summed E-state index contributed by atoms with van der Waals surface area (Å²) in [4.78, 5) is 32.9. The average molecular weight is 523 g/mol. The van der Waals surface area contributed by atoms with Gasteiger partial charge in [-0.05, 0) is 62.1 Å². The second-order valence-electron chi connectivity index (χ2n) is 9.76. The first-order valence-corrected chi connectivity index (χ1v) is 14.0. The third-order valence-electron chi connectivity index (χ3n) is 7.59. The van der Waals surface area contributed by atoms with E-state index < -0.39 is 16.1 Å². The van der Waals surface area contributed by atoms with Gasteiger partial charge in [0.1, 0.15) is 4.90 Å². The molecule has 3 aromatic rings. The molecule has 1 aliphatic carbocycles. The van der Waals surface area contributed by atoms with Crippen molar-refractivity contribution in [2.45, 2.75) is 49.6 Å². The fourth-order valence-electron chi connectivity index (χ4n) is 5.82. The molecule has 2 N–H and O–H groups in total. The maximum absolute atomic E-state index is 13.4. The van der Waals surface area contributed by atoms with E-state index in [9.17, 15) is 23.1 Å². The van der Waals surface area contributed by atoms with Crippen LogP contribution in [-0.2, 0) is 10.0 Å². The first-order chi connectivity index (χ1) is 17.8. The second kappa shape index (κ2) is 10.0. The maximum atomic E-state index is 13.4. The average Bonchev–Trinajstić information content (AvgIpc) is 3.42. The molecule has 1 unspecified atom stereocenters. The fourth-order valence-corrected chi connectivity index (χ4v) is 7.06. The Morgan fingerprint density at radius 3 is 2.35 bits per heavy atom. The van der Waals surface area contributed by atoms with Gasteiger partial charge in [-0.25, -0.2) is 13.2 Å². The molecule has 2 amide bonds. The molecular formula is C27H30N4O5S. The lowest BCUT2D eigenvalue weighted by atomic mass is 9.88. The maximum Gasteiger partial charge on any atom is 0.407 e. The highest BCUT2D eigenvalue weighted by atomic mass is 32.2. The molecule has 10 heteroatoms. The number of piperazine rings is 1. The number of hydrogen-bond acceptors (Lipinski definition) is 5. The van der Waals surface area contributed by atoms with Crippen molar-refractivity contribution in [2.24, 2.45) is 5.92 Å². The number of fused-ring (bicyclic) bond motifs is 1. The van der Waals surface area contributed by atoms with E-state index in [0.717, 1.165) is 31.1 Å². The summed E-state index contributed by atoms with van der Waals surface area (Å²) in [5.41, 5.74) is 1.14. The summed E-state index contributed by atoms with van der Waals surface area (Å²) in [5.74, 6) is 0.0650. The number of pyridine rings is 1. The van der Waals surface area contributed by atoms with Gasteiger partial charge in [-0.2, -0.15) is 0 Å². The van der Waals surface area contributed by atoms with Gasteiger partial charge in [-0.15, -0.1) is 0 Å². The normalized spacial score (nSPS) is 20.8. The third kappa shape index (κ3) is 4.85. The molecule has 2 heterocycles. The van der Waals surface area contributed by atoms with Crippen molar-refractivity contribution in [1.29, 1.82) is 0 Å². The standard InChI is InChI=1S/C27H30N4O5S/c1-18-25(20-6-2-3-7-20)31(27(33)34)17-16-30(18)26(32)21-11-13-22(14-12-21)29-37(35,36)23-10-4-8-19-9-5-15-28-24(19)23/h4-5,8-15,18,20,25,29H,2-3,6-7,16-17H2,1H3,(H,33,34)/t18?,25-/m0/s1. The van der Waals surface area contributed by atoms with E-state index in [1.165, 1.54) is 11.0 Å². The molecule has 2 atom stereocenters. The minimum Gasteiger partial charge on any atom is -0.465 e. The molecule has 9 nitrogen and oxygen atoms in total. The molecule has 0 spiro atoms. The van der Waals surface area contributed by atoms with Gasteiger partial charge in [0.25, 0.3) is 15.9 Å². The van der Waals surface area contributed by atoms with Crippen molar-refractivity contribution >= 4 is 38.6 Å². The van der Waals surface area contributed by atoms with E-state index in [1.54, 1.807) is 59.6 Å². The van der Waals surface area contributed by atoms with Gasteiger partial charge < -0.3 is 14.9 Å². The molecule has 2 fully saturated rings. The number of anilines is 1. The smallest absolute Gasteiger partial charge is 0.407 e. The van der Waals surface area contributed by atoms with Gasteiger partial charge in [-0.3, -0.25) is 14.5 Å². The SMILES string of the molecule is CC1[C@@H](C2CCCC2)N(C(=O)O)CCN1C(=O)c1ccc(NS(=O)(=O)c2cccc3cccnc23)cc1. The van der Waals surface area contributed by atoms with Gasteiger partial charge in [0.05, 0.1) is 17.6 Å². The largest absolute Gasteiger partial charge is 0.465 e. The molecule has 2 aromatic carbocycles. The van der Waals surface area contributed by atoms with Crippen LogP contribution in [0.25, 0.3) is 10.9 Å². The zero-order valence-electron chi connectivity index (χ0n) is 20.6. The number of aromatic nitrogens is 1. The van der Waals surface area contributed by atoms with E-state index in [0.29, 0.717) is 23.3 Å². The van der Waals surface area contributed by atoms with Crippen LogP contribution in [0.1, 0.15) is 43.0 Å². The Bertz CT molecular complexity index is 1410. The topological polar surface area (TPSA) is 120 Å². The molecular weight excluding hydrogens is 492 g/mol. The second-order valence-corrected chi connectivity index (χ2v) is 11.4. The van der Waals surface area contributed by atoms with Crippen LogP contribution in [0.2, 0.25) is 0 Å². The molecule has 37 heavy (non-hydrogen) atoms. The van der Waals surface area contributed by atoms with Gasteiger partial charge in [0.2, 0.25) is 0 Å². The number of benzene rings is 2. The highest BCUT2D eigenvalue weighted by Crippen LogP contribution is 2.35. The Hall–Kier alpha value is -3.66. The van der Waals surface area contributed by atoms with E-state index in [4.69, 9.17) is 0 Å². The molecule has 1 saturated heterocycles. The summed E-state index contributed by atoms with van der Waals surface area (Å²) in [7, 11) is -3.90. The van der Waals surface area contributed by atoms with Gasteiger partial charge in [0, 0.05) is 35.9 Å². The molecule has 2 aliphatic rings. The lowest BCUT2D eigenvalue weighted by molar-refractivity contribution is 0.00835. The number of hydrogen-bond donors (Lipinski definition) is 2. The predicted molar refractivity (Wildman–Crippen MR) is 140 cm³/mol. The zero-order chi connectivity index (χ0) is 26.2. The van der Waals surface area contributed by atoms with Crippen LogP contribution >= 0.6 is 0 Å². The Morgan fingerprint density at radius 1 is 0.973 bits per heavy atom. The van der Waals surface area contributed by atoms with Crippen molar-refractivity contribution in [3.63, 3.8) is 0 Å². The van der Waals surface area contributed by atoms with Crippen molar-refractivity contribution < 1.29 is 23.1 Å². The summed E-state index contributed by atoms with van der Waals surface area (Å²) in [6, 6.07) is 14.4. The first-order valence-electron chi connectivity index (χ1n) is 12.5. The number of nitrogens with zero attached hydrogens (tertiary/aromatic N) is 3. The van der Waals surface area contributed by atoms with Crippen LogP contribution in [0.3, 0.4) is 0 Å². The quantitative estimate of drug-likeness (QED) is 0.512. The minimum absolute atomic E-state index is 0.0776. The van der Waals surface area contributed by atoms with E-state index in [2.05, 4.69) is 9.71 Å². The molecule has 0 bridgehead atoms. The van der Waals surface area contributed by atoms with Crippen molar-refractivity contribution in [3.8, 4) is 0 Å². The third-order valence-corrected chi connectivity index (χ3v) is 9.00. The Labute approximate surface area is 216 Å². The highest BCUT2D eigenvalue weighted by Gasteiger charge is 2.43. The lowest BCUT2D eigenvalue weighted by Crippen LogP contribution is -2.63. The van der Waals surface area contributed by atoms with Crippen LogP contribution < -0.4 is 4.72 Å². The number of carbonyl (C=O) groups excluding carboxylic acids is 1. The number of sulfonamides is 1. The number of amides is 2. The number of carboxylic acid groups (broad SMARTS) is 1. The molecule has 194 valence electrons. The van der Waals surface area contributed by atoms with Crippen LogP contribution in [0.5, 0.6) is 0 Å². The first kappa shape index (κ1) is 25.0. The van der Waals surface area contributed by atoms with E-state index >= 15 is 0 Å². The predicted octanol–water partition coefficient (Wildman–Crippen LogP) is 4.42. The lowest BCUT2D eigenvalue weighted by Gasteiger charge is -2.47. The van der Waals surface area contributed by atoms with Gasteiger partial charge >= 0.3 is 6.09 Å². The molecule has 5 rings (SSSR count). The summed E-state index contributed by atoms with van der Waals surface area (Å²) >= 11 is 0.